The van der Waals surface area contributed by atoms with E-state index in [0.29, 0.717) is 6.61 Å². The van der Waals surface area contributed by atoms with Gasteiger partial charge in [0.25, 0.3) is 5.91 Å². The van der Waals surface area contributed by atoms with Crippen molar-refractivity contribution in [1.29, 1.82) is 0 Å². The molecule has 0 bridgehead atoms. The Bertz CT molecular complexity index is 773. The van der Waals surface area contributed by atoms with Crippen LogP contribution in [0.25, 0.3) is 0 Å². The lowest BCUT2D eigenvalue weighted by atomic mass is 10.1. The Morgan fingerprint density at radius 3 is 2.31 bits per heavy atom. The lowest BCUT2D eigenvalue weighted by Gasteiger charge is -2.13. The SMILES string of the molecule is COCc1ccc(C(=O)OCC(=O)Nc2ccccc2C(F)(F)F)cc1. The number of rotatable bonds is 6. The molecule has 0 unspecified atom stereocenters. The molecule has 0 heterocycles. The number of carbonyl (C=O) groups excluding carboxylic acids is 2. The van der Waals surface area contributed by atoms with Gasteiger partial charge in [0.15, 0.2) is 6.61 Å². The molecule has 0 aliphatic rings. The predicted molar refractivity (Wildman–Crippen MR) is 87.5 cm³/mol. The number of nitrogens with one attached hydrogen (secondary N) is 1. The van der Waals surface area contributed by atoms with Crippen molar-refractivity contribution in [2.45, 2.75) is 12.8 Å². The van der Waals surface area contributed by atoms with E-state index in [0.717, 1.165) is 17.7 Å². The van der Waals surface area contributed by atoms with Crippen LogP contribution in [0.4, 0.5) is 18.9 Å². The van der Waals surface area contributed by atoms with Crippen LogP contribution in [0.1, 0.15) is 21.5 Å². The van der Waals surface area contributed by atoms with Gasteiger partial charge in [0.05, 0.1) is 23.4 Å². The van der Waals surface area contributed by atoms with Gasteiger partial charge in [-0.25, -0.2) is 4.79 Å². The summed E-state index contributed by atoms with van der Waals surface area (Å²) in [6, 6.07) is 10.9. The largest absolute Gasteiger partial charge is 0.452 e. The number of para-hydroxylation sites is 1. The molecule has 1 amide bonds. The molecule has 2 rings (SSSR count). The van der Waals surface area contributed by atoms with Crippen LogP contribution in [0.5, 0.6) is 0 Å². The molecule has 0 radical (unpaired) electrons. The maximum Gasteiger partial charge on any atom is 0.418 e. The fourth-order valence-electron chi connectivity index (χ4n) is 2.14. The standard InChI is InChI=1S/C18H16F3NO4/c1-25-10-12-6-8-13(9-7-12)17(24)26-11-16(23)22-15-5-3-2-4-14(15)18(19,20)21/h2-9H,10-11H2,1H3,(H,22,23). The molecule has 0 aliphatic heterocycles. The maximum atomic E-state index is 12.9. The summed E-state index contributed by atoms with van der Waals surface area (Å²) >= 11 is 0. The second-order valence-corrected chi connectivity index (χ2v) is 5.30. The second-order valence-electron chi connectivity index (χ2n) is 5.30. The second kappa shape index (κ2) is 8.48. The minimum atomic E-state index is -4.61. The summed E-state index contributed by atoms with van der Waals surface area (Å²) in [5, 5.41) is 2.10. The fourth-order valence-corrected chi connectivity index (χ4v) is 2.14. The first kappa shape index (κ1) is 19.5. The Labute approximate surface area is 147 Å². The monoisotopic (exact) mass is 367 g/mol. The van der Waals surface area contributed by atoms with Crippen LogP contribution in [-0.4, -0.2) is 25.6 Å². The van der Waals surface area contributed by atoms with Crippen molar-refractivity contribution in [3.05, 3.63) is 65.2 Å². The number of hydrogen-bond donors (Lipinski definition) is 1. The van der Waals surface area contributed by atoms with Crippen molar-refractivity contribution in [1.82, 2.24) is 0 Å². The van der Waals surface area contributed by atoms with Gasteiger partial charge in [-0.2, -0.15) is 13.2 Å². The third-order valence-electron chi connectivity index (χ3n) is 3.34. The Morgan fingerprint density at radius 1 is 1.04 bits per heavy atom. The van der Waals surface area contributed by atoms with Gasteiger partial charge in [0.1, 0.15) is 0 Å². The third kappa shape index (κ3) is 5.32. The first-order valence-corrected chi connectivity index (χ1v) is 7.52. The molecule has 0 spiro atoms. The zero-order valence-electron chi connectivity index (χ0n) is 13.8. The van der Waals surface area contributed by atoms with E-state index in [2.05, 4.69) is 5.32 Å². The van der Waals surface area contributed by atoms with Crippen LogP contribution in [0.2, 0.25) is 0 Å². The average Bonchev–Trinajstić information content (AvgIpc) is 2.60. The first-order valence-electron chi connectivity index (χ1n) is 7.52. The zero-order valence-corrected chi connectivity index (χ0v) is 13.8. The van der Waals surface area contributed by atoms with E-state index in [1.54, 1.807) is 12.1 Å². The summed E-state index contributed by atoms with van der Waals surface area (Å²) in [5.74, 6) is -1.63. The van der Waals surface area contributed by atoms with Crippen molar-refractivity contribution < 1.29 is 32.2 Å². The lowest BCUT2D eigenvalue weighted by Crippen LogP contribution is -2.22. The molecule has 26 heavy (non-hydrogen) atoms. The summed E-state index contributed by atoms with van der Waals surface area (Å²) in [7, 11) is 1.54. The van der Waals surface area contributed by atoms with Gasteiger partial charge in [-0.05, 0) is 29.8 Å². The van der Waals surface area contributed by atoms with E-state index in [-0.39, 0.29) is 5.56 Å². The summed E-state index contributed by atoms with van der Waals surface area (Å²) in [6.07, 6.45) is -4.61. The number of carbonyl (C=O) groups is 2. The summed E-state index contributed by atoms with van der Waals surface area (Å²) in [6.45, 7) is -0.318. The molecule has 138 valence electrons. The van der Waals surface area contributed by atoms with Crippen molar-refractivity contribution in [3.63, 3.8) is 0 Å². The van der Waals surface area contributed by atoms with Gasteiger partial charge in [0.2, 0.25) is 0 Å². The molecular weight excluding hydrogens is 351 g/mol. The fraction of sp³-hybridized carbons (Fsp3) is 0.222. The number of anilines is 1. The number of amides is 1. The number of ether oxygens (including phenoxy) is 2. The van der Waals surface area contributed by atoms with E-state index in [4.69, 9.17) is 9.47 Å². The van der Waals surface area contributed by atoms with Crippen LogP contribution in [0.3, 0.4) is 0 Å². The number of esters is 1. The van der Waals surface area contributed by atoms with E-state index in [1.807, 2.05) is 0 Å². The van der Waals surface area contributed by atoms with Crippen LogP contribution >= 0.6 is 0 Å². The van der Waals surface area contributed by atoms with Crippen LogP contribution in [0.15, 0.2) is 48.5 Å². The quantitative estimate of drug-likeness (QED) is 0.792. The molecule has 2 aromatic rings. The van der Waals surface area contributed by atoms with Crippen molar-refractivity contribution in [2.24, 2.45) is 0 Å². The highest BCUT2D eigenvalue weighted by Crippen LogP contribution is 2.34. The van der Waals surface area contributed by atoms with Crippen molar-refractivity contribution in [3.8, 4) is 0 Å². The summed E-state index contributed by atoms with van der Waals surface area (Å²) < 4.78 is 48.4. The van der Waals surface area contributed by atoms with E-state index in [9.17, 15) is 22.8 Å². The lowest BCUT2D eigenvalue weighted by molar-refractivity contribution is -0.137. The smallest absolute Gasteiger partial charge is 0.418 e. The van der Waals surface area contributed by atoms with Gasteiger partial charge < -0.3 is 14.8 Å². The minimum absolute atomic E-state index is 0.216. The minimum Gasteiger partial charge on any atom is -0.452 e. The number of benzene rings is 2. The molecule has 0 fully saturated rings. The predicted octanol–water partition coefficient (Wildman–Crippen LogP) is 3.65. The maximum absolute atomic E-state index is 12.9. The highest BCUT2D eigenvalue weighted by atomic mass is 19.4. The molecule has 0 saturated heterocycles. The molecular formula is C18H16F3NO4. The van der Waals surface area contributed by atoms with Crippen LogP contribution in [-0.2, 0) is 27.1 Å². The van der Waals surface area contributed by atoms with Gasteiger partial charge in [-0.1, -0.05) is 24.3 Å². The number of methoxy groups -OCH3 is 1. The summed E-state index contributed by atoms with van der Waals surface area (Å²) in [4.78, 5) is 23.7. The van der Waals surface area contributed by atoms with Gasteiger partial charge >= 0.3 is 12.1 Å². The van der Waals surface area contributed by atoms with Crippen molar-refractivity contribution in [2.75, 3.05) is 19.0 Å². The van der Waals surface area contributed by atoms with E-state index < -0.39 is 35.9 Å². The molecule has 0 aromatic heterocycles. The van der Waals surface area contributed by atoms with E-state index in [1.165, 1.54) is 31.4 Å². The van der Waals surface area contributed by atoms with Gasteiger partial charge in [-0.3, -0.25) is 4.79 Å². The third-order valence-corrected chi connectivity index (χ3v) is 3.34. The van der Waals surface area contributed by atoms with E-state index >= 15 is 0 Å². The zero-order chi connectivity index (χ0) is 19.2. The topological polar surface area (TPSA) is 64.6 Å². The van der Waals surface area contributed by atoms with Crippen LogP contribution < -0.4 is 5.32 Å². The molecule has 5 nitrogen and oxygen atoms in total. The van der Waals surface area contributed by atoms with Gasteiger partial charge in [0, 0.05) is 7.11 Å². The molecule has 0 aliphatic carbocycles. The Hall–Kier alpha value is -2.87. The molecule has 0 saturated carbocycles. The highest BCUT2D eigenvalue weighted by molar-refractivity contribution is 5.96. The number of hydrogen-bond acceptors (Lipinski definition) is 4. The Morgan fingerprint density at radius 2 is 1.69 bits per heavy atom. The highest BCUT2D eigenvalue weighted by Gasteiger charge is 2.33. The molecule has 8 heteroatoms. The molecule has 2 aromatic carbocycles. The molecule has 0 atom stereocenters. The normalized spacial score (nSPS) is 11.1. The molecule has 1 N–H and O–H groups in total. The van der Waals surface area contributed by atoms with Crippen LogP contribution in [0, 0.1) is 0 Å². The average molecular weight is 367 g/mol. The Balaban J connectivity index is 1.94. The Kier molecular flexibility index (Phi) is 6.35. The van der Waals surface area contributed by atoms with Gasteiger partial charge in [-0.15, -0.1) is 0 Å². The number of alkyl halides is 3. The number of halogens is 3. The summed E-state index contributed by atoms with van der Waals surface area (Å²) in [5.41, 5.74) is -0.308. The first-order chi connectivity index (χ1) is 12.3. The van der Waals surface area contributed by atoms with Crippen molar-refractivity contribution >= 4 is 17.6 Å².